The molecule has 2 aliphatic heterocycles. The van der Waals surface area contributed by atoms with Crippen molar-refractivity contribution in [2.45, 2.75) is 44.4 Å². The van der Waals surface area contributed by atoms with Crippen molar-refractivity contribution in [2.24, 2.45) is 5.92 Å². The number of nitrogens with one attached hydrogen (secondary N) is 2. The van der Waals surface area contributed by atoms with E-state index in [1.807, 2.05) is 0 Å². The van der Waals surface area contributed by atoms with Crippen LogP contribution >= 0.6 is 0 Å². The lowest BCUT2D eigenvalue weighted by molar-refractivity contribution is 0.116. The fraction of sp³-hybridized carbons (Fsp3) is 1.00. The Morgan fingerprint density at radius 1 is 1.50 bits per heavy atom. The molecule has 3 heteroatoms. The van der Waals surface area contributed by atoms with Crippen molar-refractivity contribution in [3.05, 3.63) is 0 Å². The van der Waals surface area contributed by atoms with Gasteiger partial charge in [-0.3, -0.25) is 0 Å². The minimum atomic E-state index is 0.335. The lowest BCUT2D eigenvalue weighted by Crippen LogP contribution is -2.35. The van der Waals surface area contributed by atoms with E-state index in [0.29, 0.717) is 6.10 Å². The molecule has 0 aromatic rings. The zero-order chi connectivity index (χ0) is 9.97. The molecule has 0 aliphatic carbocycles. The van der Waals surface area contributed by atoms with Gasteiger partial charge in [0.1, 0.15) is 0 Å². The fourth-order valence-electron chi connectivity index (χ4n) is 2.72. The molecule has 3 nitrogen and oxygen atoms in total. The topological polar surface area (TPSA) is 33.3 Å². The number of hydrogen-bond donors (Lipinski definition) is 2. The van der Waals surface area contributed by atoms with Gasteiger partial charge in [0.15, 0.2) is 0 Å². The van der Waals surface area contributed by atoms with Gasteiger partial charge in [-0.05, 0) is 38.6 Å². The molecule has 0 aromatic heterocycles. The van der Waals surface area contributed by atoms with Gasteiger partial charge in [0, 0.05) is 25.7 Å². The Morgan fingerprint density at radius 2 is 2.36 bits per heavy atom. The smallest absolute Gasteiger partial charge is 0.0667 e. The van der Waals surface area contributed by atoms with Crippen LogP contribution in [0.1, 0.15) is 26.2 Å². The molecule has 2 rings (SSSR count). The lowest BCUT2D eigenvalue weighted by Gasteiger charge is -2.21. The van der Waals surface area contributed by atoms with Crippen LogP contribution in [0.15, 0.2) is 0 Å². The molecule has 2 saturated heterocycles. The van der Waals surface area contributed by atoms with E-state index in [1.54, 1.807) is 7.11 Å². The molecule has 0 amide bonds. The van der Waals surface area contributed by atoms with E-state index in [4.69, 9.17) is 4.74 Å². The molecule has 4 unspecified atom stereocenters. The van der Waals surface area contributed by atoms with E-state index in [9.17, 15) is 0 Å². The molecule has 14 heavy (non-hydrogen) atoms. The third kappa shape index (κ3) is 2.27. The Kier molecular flexibility index (Phi) is 3.42. The van der Waals surface area contributed by atoms with E-state index < -0.39 is 0 Å². The highest BCUT2D eigenvalue weighted by Gasteiger charge is 2.38. The maximum atomic E-state index is 5.20. The van der Waals surface area contributed by atoms with Gasteiger partial charge >= 0.3 is 0 Å². The van der Waals surface area contributed by atoms with Crippen molar-refractivity contribution in [2.75, 3.05) is 20.2 Å². The van der Waals surface area contributed by atoms with Crippen LogP contribution in [0.3, 0.4) is 0 Å². The molecule has 2 N–H and O–H groups in total. The van der Waals surface area contributed by atoms with Crippen molar-refractivity contribution in [1.29, 1.82) is 0 Å². The molecule has 82 valence electrons. The predicted octanol–water partition coefficient (Wildman–Crippen LogP) is 0.751. The van der Waals surface area contributed by atoms with Gasteiger partial charge in [0.25, 0.3) is 0 Å². The number of hydrogen-bond acceptors (Lipinski definition) is 3. The summed E-state index contributed by atoms with van der Waals surface area (Å²) in [6, 6.07) is 1.62. The number of ether oxygens (including phenoxy) is 1. The summed E-state index contributed by atoms with van der Waals surface area (Å²) in [5.41, 5.74) is 0. The first-order chi connectivity index (χ1) is 6.79. The van der Waals surface area contributed by atoms with Crippen LogP contribution in [-0.4, -0.2) is 38.4 Å². The van der Waals surface area contributed by atoms with Crippen LogP contribution in [0.2, 0.25) is 0 Å². The average Bonchev–Trinajstić information content (AvgIpc) is 2.79. The number of methoxy groups -OCH3 is 1. The van der Waals surface area contributed by atoms with E-state index >= 15 is 0 Å². The van der Waals surface area contributed by atoms with Crippen molar-refractivity contribution in [1.82, 2.24) is 10.6 Å². The van der Waals surface area contributed by atoms with Gasteiger partial charge in [-0.1, -0.05) is 0 Å². The molecule has 0 aromatic carbocycles. The highest BCUT2D eigenvalue weighted by atomic mass is 16.5. The summed E-state index contributed by atoms with van der Waals surface area (Å²) >= 11 is 0. The van der Waals surface area contributed by atoms with Gasteiger partial charge in [-0.15, -0.1) is 0 Å². The van der Waals surface area contributed by atoms with Gasteiger partial charge < -0.3 is 15.4 Å². The molecule has 0 spiro atoms. The van der Waals surface area contributed by atoms with Gasteiger partial charge in [0.05, 0.1) is 6.10 Å². The normalized spacial score (nSPS) is 37.7. The molecule has 4 atom stereocenters. The molecular formula is C11H22N2O. The molecule has 0 saturated carbocycles. The third-order valence-electron chi connectivity index (χ3n) is 3.67. The summed E-state index contributed by atoms with van der Waals surface area (Å²) in [5.74, 6) is 0.859. The molecule has 2 bridgehead atoms. The number of fused-ring (bicyclic) bond motifs is 2. The van der Waals surface area contributed by atoms with Crippen LogP contribution in [0.25, 0.3) is 0 Å². The quantitative estimate of drug-likeness (QED) is 0.684. The van der Waals surface area contributed by atoms with Gasteiger partial charge in [0.2, 0.25) is 0 Å². The second-order valence-electron chi connectivity index (χ2n) is 4.75. The molecule has 2 heterocycles. The molecule has 2 aliphatic rings. The molecule has 0 radical (unpaired) electrons. The maximum absolute atomic E-state index is 5.20. The summed E-state index contributed by atoms with van der Waals surface area (Å²) in [4.78, 5) is 0. The predicted molar refractivity (Wildman–Crippen MR) is 57.4 cm³/mol. The first kappa shape index (κ1) is 10.4. The first-order valence-electron chi connectivity index (χ1n) is 5.79. The Bertz CT molecular complexity index is 186. The highest BCUT2D eigenvalue weighted by Crippen LogP contribution is 2.32. The summed E-state index contributed by atoms with van der Waals surface area (Å²) in [7, 11) is 1.77. The Labute approximate surface area is 86.6 Å². The molecular weight excluding hydrogens is 176 g/mol. The standard InChI is InChI=1S/C11H22N2O/c1-8(14-2)6-12-7-9-5-10-3-4-11(9)13-10/h8-13H,3-7H2,1-2H3. The zero-order valence-electron chi connectivity index (χ0n) is 9.25. The van der Waals surface area contributed by atoms with Crippen LogP contribution in [-0.2, 0) is 4.74 Å². The van der Waals surface area contributed by atoms with E-state index in [1.165, 1.54) is 19.3 Å². The van der Waals surface area contributed by atoms with Crippen molar-refractivity contribution in [3.8, 4) is 0 Å². The average molecular weight is 198 g/mol. The minimum absolute atomic E-state index is 0.335. The van der Waals surface area contributed by atoms with Gasteiger partial charge in [-0.2, -0.15) is 0 Å². The maximum Gasteiger partial charge on any atom is 0.0667 e. The Morgan fingerprint density at radius 3 is 2.93 bits per heavy atom. The summed E-state index contributed by atoms with van der Waals surface area (Å²) in [6.45, 7) is 4.23. The van der Waals surface area contributed by atoms with E-state index in [-0.39, 0.29) is 0 Å². The zero-order valence-corrected chi connectivity index (χ0v) is 9.25. The van der Waals surface area contributed by atoms with Crippen molar-refractivity contribution in [3.63, 3.8) is 0 Å². The lowest BCUT2D eigenvalue weighted by atomic mass is 9.89. The van der Waals surface area contributed by atoms with Gasteiger partial charge in [-0.25, -0.2) is 0 Å². The van der Waals surface area contributed by atoms with E-state index in [2.05, 4.69) is 17.6 Å². The largest absolute Gasteiger partial charge is 0.380 e. The molecule has 2 fully saturated rings. The minimum Gasteiger partial charge on any atom is -0.380 e. The third-order valence-corrected chi connectivity index (χ3v) is 3.67. The second-order valence-corrected chi connectivity index (χ2v) is 4.75. The number of rotatable bonds is 5. The van der Waals surface area contributed by atoms with E-state index in [0.717, 1.165) is 31.1 Å². The second kappa shape index (κ2) is 4.60. The SMILES string of the molecule is COC(C)CNCC1CC2CCC1N2. The van der Waals surface area contributed by atoms with Crippen LogP contribution in [0, 0.1) is 5.92 Å². The Balaban J connectivity index is 1.62. The van der Waals surface area contributed by atoms with Crippen LogP contribution in [0.5, 0.6) is 0 Å². The monoisotopic (exact) mass is 198 g/mol. The summed E-state index contributed by atoms with van der Waals surface area (Å²) in [6.07, 6.45) is 4.49. The van der Waals surface area contributed by atoms with Crippen LogP contribution in [0.4, 0.5) is 0 Å². The first-order valence-corrected chi connectivity index (χ1v) is 5.79. The fourth-order valence-corrected chi connectivity index (χ4v) is 2.72. The summed E-state index contributed by atoms with van der Waals surface area (Å²) in [5, 5.41) is 7.16. The summed E-state index contributed by atoms with van der Waals surface area (Å²) < 4.78 is 5.20. The van der Waals surface area contributed by atoms with Crippen LogP contribution < -0.4 is 10.6 Å². The Hall–Kier alpha value is -0.120. The van der Waals surface area contributed by atoms with Crippen molar-refractivity contribution >= 4 is 0 Å². The highest BCUT2D eigenvalue weighted by molar-refractivity contribution is 4.97. The van der Waals surface area contributed by atoms with Crippen molar-refractivity contribution < 1.29 is 4.74 Å².